The van der Waals surface area contributed by atoms with Crippen molar-refractivity contribution in [2.75, 3.05) is 0 Å². The number of aryl methyl sites for hydroxylation is 1. The van der Waals surface area contributed by atoms with Gasteiger partial charge in [-0.05, 0) is 30.5 Å². The first-order valence-corrected chi connectivity index (χ1v) is 4.99. The fourth-order valence-corrected chi connectivity index (χ4v) is 1.19. The van der Waals surface area contributed by atoms with Gasteiger partial charge >= 0.3 is 0 Å². The van der Waals surface area contributed by atoms with Crippen LogP contribution in [0.1, 0.15) is 38.3 Å². The highest BCUT2D eigenvalue weighted by atomic mass is 19.1. The lowest BCUT2D eigenvalue weighted by Gasteiger charge is -2.03. The van der Waals surface area contributed by atoms with Gasteiger partial charge in [-0.25, -0.2) is 4.39 Å². The van der Waals surface area contributed by atoms with Crippen LogP contribution in [0.5, 0.6) is 0 Å². The molecule has 0 aliphatic rings. The Morgan fingerprint density at radius 1 is 1.23 bits per heavy atom. The number of benzene rings is 1. The van der Waals surface area contributed by atoms with Crippen LogP contribution < -0.4 is 0 Å². The normalized spacial score (nSPS) is 9.00. The molecule has 0 spiro atoms. The van der Waals surface area contributed by atoms with Gasteiger partial charge in [0.05, 0.1) is 0 Å². The molecule has 1 aromatic carbocycles. The lowest BCUT2D eigenvalue weighted by Crippen LogP contribution is -1.91. The Bertz CT molecular complexity index is 241. The van der Waals surface area contributed by atoms with E-state index >= 15 is 0 Å². The Morgan fingerprint density at radius 2 is 1.85 bits per heavy atom. The van der Waals surface area contributed by atoms with E-state index in [0.29, 0.717) is 0 Å². The minimum Gasteiger partial charge on any atom is -0.207 e. The number of halogens is 1. The number of rotatable bonds is 2. The summed E-state index contributed by atoms with van der Waals surface area (Å²) in [5.74, 6) is -0.0871. The van der Waals surface area contributed by atoms with E-state index in [9.17, 15) is 4.39 Å². The van der Waals surface area contributed by atoms with Crippen molar-refractivity contribution in [3.8, 4) is 0 Å². The average Bonchev–Trinajstić information content (AvgIpc) is 2.17. The zero-order chi connectivity index (χ0) is 10.3. The Balaban J connectivity index is 0.000000671. The number of hydrogen-bond acceptors (Lipinski definition) is 0. The zero-order valence-electron chi connectivity index (χ0n) is 9.02. The molecular weight excluding hydrogens is 163 g/mol. The largest absolute Gasteiger partial charge is 0.207 e. The van der Waals surface area contributed by atoms with Crippen molar-refractivity contribution in [2.24, 2.45) is 0 Å². The Kier molecular flexibility index (Phi) is 6.21. The molecule has 0 N–H and O–H groups in total. The third-order valence-corrected chi connectivity index (χ3v) is 1.90. The van der Waals surface area contributed by atoms with Gasteiger partial charge in [-0.15, -0.1) is 0 Å². The van der Waals surface area contributed by atoms with Gasteiger partial charge in [-0.3, -0.25) is 0 Å². The summed E-state index contributed by atoms with van der Waals surface area (Å²) < 4.78 is 12.9. The molecule has 0 heterocycles. The van der Waals surface area contributed by atoms with Gasteiger partial charge in [-0.1, -0.05) is 39.3 Å². The van der Waals surface area contributed by atoms with Crippen LogP contribution in [0.15, 0.2) is 18.2 Å². The van der Waals surface area contributed by atoms with Crippen molar-refractivity contribution < 1.29 is 4.39 Å². The van der Waals surface area contributed by atoms with E-state index in [2.05, 4.69) is 6.92 Å². The molecule has 0 saturated heterocycles. The first-order valence-electron chi connectivity index (χ1n) is 4.99. The molecule has 0 bridgehead atoms. The topological polar surface area (TPSA) is 0 Å². The van der Waals surface area contributed by atoms with E-state index in [4.69, 9.17) is 0 Å². The van der Waals surface area contributed by atoms with Gasteiger partial charge in [0.2, 0.25) is 0 Å². The highest BCUT2D eigenvalue weighted by molar-refractivity contribution is 5.27. The van der Waals surface area contributed by atoms with E-state index < -0.39 is 0 Å². The van der Waals surface area contributed by atoms with E-state index in [-0.39, 0.29) is 5.82 Å². The quantitative estimate of drug-likeness (QED) is 0.645. The van der Waals surface area contributed by atoms with Gasteiger partial charge in [-0.2, -0.15) is 0 Å². The fourth-order valence-electron chi connectivity index (χ4n) is 1.19. The Hall–Kier alpha value is -0.850. The molecule has 0 aliphatic heterocycles. The van der Waals surface area contributed by atoms with Crippen molar-refractivity contribution in [3.05, 3.63) is 35.1 Å². The van der Waals surface area contributed by atoms with Gasteiger partial charge < -0.3 is 0 Å². The van der Waals surface area contributed by atoms with Crippen molar-refractivity contribution in [2.45, 2.75) is 40.5 Å². The van der Waals surface area contributed by atoms with Crippen LogP contribution in [-0.4, -0.2) is 0 Å². The third kappa shape index (κ3) is 3.58. The Labute approximate surface area is 80.8 Å². The van der Waals surface area contributed by atoms with E-state index in [1.165, 1.54) is 6.07 Å². The van der Waals surface area contributed by atoms with Crippen LogP contribution in [-0.2, 0) is 6.42 Å². The lowest BCUT2D eigenvalue weighted by molar-refractivity contribution is 0.614. The summed E-state index contributed by atoms with van der Waals surface area (Å²) >= 11 is 0. The number of hydrogen-bond donors (Lipinski definition) is 0. The van der Waals surface area contributed by atoms with Crippen LogP contribution in [0.2, 0.25) is 0 Å². The molecule has 0 amide bonds. The average molecular weight is 182 g/mol. The molecule has 0 atom stereocenters. The monoisotopic (exact) mass is 182 g/mol. The maximum absolute atomic E-state index is 12.9. The molecule has 0 saturated carbocycles. The summed E-state index contributed by atoms with van der Waals surface area (Å²) in [5.41, 5.74) is 1.93. The van der Waals surface area contributed by atoms with Crippen molar-refractivity contribution >= 4 is 0 Å². The van der Waals surface area contributed by atoms with Crippen LogP contribution in [0.4, 0.5) is 4.39 Å². The van der Waals surface area contributed by atoms with E-state index in [1.54, 1.807) is 6.07 Å². The molecule has 0 nitrogen and oxygen atoms in total. The van der Waals surface area contributed by atoms with Gasteiger partial charge in [0, 0.05) is 0 Å². The van der Waals surface area contributed by atoms with E-state index in [0.717, 1.165) is 24.0 Å². The molecule has 0 unspecified atom stereocenters. The predicted molar refractivity (Wildman–Crippen MR) is 56.5 cm³/mol. The molecule has 74 valence electrons. The fraction of sp³-hybridized carbons (Fsp3) is 0.500. The summed E-state index contributed by atoms with van der Waals surface area (Å²) in [7, 11) is 0. The standard InChI is InChI=1S/C10H13F.C2H6/c1-3-5-9-6-4-7-10(11)8(9)2;1-2/h4,6-7H,3,5H2,1-2H3;1-2H3. The highest BCUT2D eigenvalue weighted by Gasteiger charge is 2.00. The maximum Gasteiger partial charge on any atom is 0.126 e. The molecule has 0 aliphatic carbocycles. The second-order valence-electron chi connectivity index (χ2n) is 2.77. The predicted octanol–water partition coefficient (Wildman–Crippen LogP) is 4.11. The molecule has 13 heavy (non-hydrogen) atoms. The van der Waals surface area contributed by atoms with Gasteiger partial charge in [0.15, 0.2) is 0 Å². The molecule has 0 fully saturated rings. The Morgan fingerprint density at radius 3 is 2.38 bits per heavy atom. The van der Waals surface area contributed by atoms with Crippen LogP contribution in [0, 0.1) is 12.7 Å². The van der Waals surface area contributed by atoms with Crippen molar-refractivity contribution in [1.29, 1.82) is 0 Å². The lowest BCUT2D eigenvalue weighted by atomic mass is 10.0. The second kappa shape index (κ2) is 6.64. The molecule has 1 heteroatoms. The molecule has 0 aromatic heterocycles. The highest BCUT2D eigenvalue weighted by Crippen LogP contribution is 2.13. The van der Waals surface area contributed by atoms with Crippen LogP contribution in [0.25, 0.3) is 0 Å². The van der Waals surface area contributed by atoms with Crippen molar-refractivity contribution in [1.82, 2.24) is 0 Å². The van der Waals surface area contributed by atoms with Gasteiger partial charge in [0.25, 0.3) is 0 Å². The molecule has 1 rings (SSSR count). The van der Waals surface area contributed by atoms with Crippen LogP contribution in [0.3, 0.4) is 0 Å². The molecular formula is C12H19F. The summed E-state index contributed by atoms with van der Waals surface area (Å²) in [6.45, 7) is 7.94. The first-order chi connectivity index (χ1) is 6.25. The summed E-state index contributed by atoms with van der Waals surface area (Å²) in [6, 6.07) is 5.27. The maximum atomic E-state index is 12.9. The zero-order valence-corrected chi connectivity index (χ0v) is 9.02. The summed E-state index contributed by atoms with van der Waals surface area (Å²) in [4.78, 5) is 0. The smallest absolute Gasteiger partial charge is 0.126 e. The first kappa shape index (κ1) is 12.2. The molecule has 1 aromatic rings. The summed E-state index contributed by atoms with van der Waals surface area (Å²) in [5, 5.41) is 0. The van der Waals surface area contributed by atoms with Crippen LogP contribution >= 0.6 is 0 Å². The molecule has 0 radical (unpaired) electrons. The second-order valence-corrected chi connectivity index (χ2v) is 2.77. The summed E-state index contributed by atoms with van der Waals surface area (Å²) in [6.07, 6.45) is 2.05. The minimum absolute atomic E-state index is 0.0871. The van der Waals surface area contributed by atoms with Gasteiger partial charge in [0.1, 0.15) is 5.82 Å². The van der Waals surface area contributed by atoms with E-state index in [1.807, 2.05) is 26.8 Å². The third-order valence-electron chi connectivity index (χ3n) is 1.90. The SMILES string of the molecule is CC.CCCc1cccc(F)c1C. The minimum atomic E-state index is -0.0871. The van der Waals surface area contributed by atoms with Crippen molar-refractivity contribution in [3.63, 3.8) is 0 Å².